The van der Waals surface area contributed by atoms with E-state index < -0.39 is 0 Å². The number of nitrogens with one attached hydrogen (secondary N) is 1. The van der Waals surface area contributed by atoms with Gasteiger partial charge < -0.3 is 9.84 Å². The maximum absolute atomic E-state index is 10.4. The number of hydrogen-bond acceptors (Lipinski definition) is 8. The minimum atomic E-state index is -0.275. The standard InChI is InChI=1S/C5H13N3O.C5H11NO3/c6-7-8-3-1-2-5(8)4-9;1-2-3-5(7)8-4-9-6/h5,7,9H,1-4,6H2;2-4,6H2,1H3. The van der Waals surface area contributed by atoms with Crippen molar-refractivity contribution in [2.75, 3.05) is 19.9 Å². The van der Waals surface area contributed by atoms with Crippen LogP contribution in [0.5, 0.6) is 0 Å². The Kier molecular flexibility index (Phi) is 10.8. The minimum Gasteiger partial charge on any atom is -0.437 e. The van der Waals surface area contributed by atoms with E-state index in [1.165, 1.54) is 0 Å². The van der Waals surface area contributed by atoms with Gasteiger partial charge in [-0.1, -0.05) is 6.92 Å². The molecule has 1 fully saturated rings. The number of hydrogen-bond donors (Lipinski definition) is 4. The summed E-state index contributed by atoms with van der Waals surface area (Å²) in [5.41, 5.74) is 2.54. The summed E-state index contributed by atoms with van der Waals surface area (Å²) in [6.45, 7) is 2.88. The van der Waals surface area contributed by atoms with Crippen molar-refractivity contribution in [2.24, 2.45) is 11.7 Å². The molecule has 0 aromatic heterocycles. The highest BCUT2D eigenvalue weighted by molar-refractivity contribution is 5.69. The van der Waals surface area contributed by atoms with Crippen LogP contribution in [0, 0.1) is 0 Å². The molecule has 1 saturated heterocycles. The van der Waals surface area contributed by atoms with E-state index in [1.54, 1.807) is 0 Å². The van der Waals surface area contributed by atoms with E-state index in [4.69, 9.17) is 10.9 Å². The minimum absolute atomic E-state index is 0.154. The Balaban J connectivity index is 0.000000321. The average molecular weight is 264 g/mol. The summed E-state index contributed by atoms with van der Waals surface area (Å²) in [5, 5.41) is 10.6. The van der Waals surface area contributed by atoms with Crippen LogP contribution in [0.2, 0.25) is 0 Å². The second-order valence-electron chi connectivity index (χ2n) is 3.85. The molecule has 1 atom stereocenters. The van der Waals surface area contributed by atoms with Crippen molar-refractivity contribution in [1.82, 2.24) is 10.5 Å². The molecule has 0 saturated carbocycles. The molecule has 6 N–H and O–H groups in total. The first kappa shape index (κ1) is 17.2. The highest BCUT2D eigenvalue weighted by Crippen LogP contribution is 2.12. The van der Waals surface area contributed by atoms with Gasteiger partial charge in [0.05, 0.1) is 6.61 Å². The zero-order valence-corrected chi connectivity index (χ0v) is 10.8. The Morgan fingerprint density at radius 3 is 2.78 bits per heavy atom. The quantitative estimate of drug-likeness (QED) is 0.208. The predicted molar refractivity (Wildman–Crippen MR) is 65.3 cm³/mol. The van der Waals surface area contributed by atoms with Crippen LogP contribution in [0.3, 0.4) is 0 Å². The smallest absolute Gasteiger partial charge is 0.307 e. The molecule has 0 radical (unpaired) electrons. The fourth-order valence-electron chi connectivity index (χ4n) is 1.57. The average Bonchev–Trinajstić information content (AvgIpc) is 2.84. The molecule has 0 aromatic rings. The zero-order valence-electron chi connectivity index (χ0n) is 10.8. The lowest BCUT2D eigenvalue weighted by Gasteiger charge is -2.19. The largest absolute Gasteiger partial charge is 0.437 e. The van der Waals surface area contributed by atoms with E-state index in [2.05, 4.69) is 21.0 Å². The molecule has 1 heterocycles. The van der Waals surface area contributed by atoms with Crippen LogP contribution in [0.15, 0.2) is 0 Å². The van der Waals surface area contributed by atoms with Crippen molar-refractivity contribution >= 4 is 5.97 Å². The third-order valence-electron chi connectivity index (χ3n) is 2.50. The van der Waals surface area contributed by atoms with E-state index in [9.17, 15) is 4.79 Å². The molecule has 108 valence electrons. The number of ether oxygens (including phenoxy) is 1. The van der Waals surface area contributed by atoms with Gasteiger partial charge in [-0.25, -0.2) is 10.9 Å². The number of esters is 1. The van der Waals surface area contributed by atoms with Crippen LogP contribution in [0.25, 0.3) is 0 Å². The second kappa shape index (κ2) is 11.3. The highest BCUT2D eigenvalue weighted by atomic mass is 16.7. The Morgan fingerprint density at radius 2 is 2.33 bits per heavy atom. The number of nitrogens with two attached hydrogens (primary N) is 2. The summed E-state index contributed by atoms with van der Waals surface area (Å²) >= 11 is 0. The monoisotopic (exact) mass is 264 g/mol. The molecular weight excluding hydrogens is 240 g/mol. The first-order valence-electron chi connectivity index (χ1n) is 6.00. The number of carbonyl (C=O) groups is 1. The summed E-state index contributed by atoms with van der Waals surface area (Å²) in [4.78, 5) is 14.5. The van der Waals surface area contributed by atoms with E-state index >= 15 is 0 Å². The molecule has 0 aromatic carbocycles. The van der Waals surface area contributed by atoms with Crippen molar-refractivity contribution in [3.05, 3.63) is 0 Å². The van der Waals surface area contributed by atoms with Gasteiger partial charge in [0, 0.05) is 19.0 Å². The molecular formula is C10H24N4O4. The Morgan fingerprint density at radius 1 is 1.61 bits per heavy atom. The lowest BCUT2D eigenvalue weighted by molar-refractivity contribution is -0.156. The summed E-state index contributed by atoms with van der Waals surface area (Å²) in [7, 11) is 0. The zero-order chi connectivity index (χ0) is 13.8. The molecule has 18 heavy (non-hydrogen) atoms. The Hall–Kier alpha value is -0.770. The fraction of sp³-hybridized carbons (Fsp3) is 0.900. The number of aliphatic hydroxyl groups is 1. The third kappa shape index (κ3) is 7.54. The SMILES string of the molecule is CCCC(=O)OCON.NNN1CCCC1CO. The summed E-state index contributed by atoms with van der Waals surface area (Å²) in [5.74, 6) is 9.49. The summed E-state index contributed by atoms with van der Waals surface area (Å²) in [6.07, 6.45) is 3.36. The van der Waals surface area contributed by atoms with Gasteiger partial charge in [0.15, 0.2) is 0 Å². The molecule has 1 rings (SSSR count). The summed E-state index contributed by atoms with van der Waals surface area (Å²) in [6, 6.07) is 0.231. The number of nitrogens with zero attached hydrogens (tertiary/aromatic N) is 1. The third-order valence-corrected chi connectivity index (χ3v) is 2.50. The lowest BCUT2D eigenvalue weighted by atomic mass is 10.2. The van der Waals surface area contributed by atoms with Crippen LogP contribution in [-0.4, -0.2) is 42.1 Å². The van der Waals surface area contributed by atoms with E-state index in [1.807, 2.05) is 11.9 Å². The number of rotatable bonds is 6. The van der Waals surface area contributed by atoms with Gasteiger partial charge in [-0.2, -0.15) is 5.53 Å². The van der Waals surface area contributed by atoms with Crippen molar-refractivity contribution in [3.63, 3.8) is 0 Å². The van der Waals surface area contributed by atoms with Gasteiger partial charge in [-0.05, 0) is 19.3 Å². The van der Waals surface area contributed by atoms with E-state index in [-0.39, 0.29) is 25.4 Å². The molecule has 8 heteroatoms. The summed E-state index contributed by atoms with van der Waals surface area (Å²) < 4.78 is 4.45. The van der Waals surface area contributed by atoms with Crippen LogP contribution in [-0.2, 0) is 14.4 Å². The molecule has 0 aliphatic carbocycles. The van der Waals surface area contributed by atoms with E-state index in [0.717, 1.165) is 25.8 Å². The van der Waals surface area contributed by atoms with Gasteiger partial charge >= 0.3 is 5.97 Å². The normalized spacial score (nSPS) is 19.2. The van der Waals surface area contributed by atoms with E-state index in [0.29, 0.717) is 6.42 Å². The van der Waals surface area contributed by atoms with Gasteiger partial charge in [-0.15, -0.1) is 0 Å². The molecule has 1 aliphatic heterocycles. The van der Waals surface area contributed by atoms with Gasteiger partial charge in [0.25, 0.3) is 0 Å². The fourth-order valence-corrected chi connectivity index (χ4v) is 1.57. The highest BCUT2D eigenvalue weighted by Gasteiger charge is 2.21. The molecule has 8 nitrogen and oxygen atoms in total. The van der Waals surface area contributed by atoms with Gasteiger partial charge in [0.2, 0.25) is 6.79 Å². The van der Waals surface area contributed by atoms with Crippen LogP contribution in [0.4, 0.5) is 0 Å². The van der Waals surface area contributed by atoms with Crippen molar-refractivity contribution < 1.29 is 19.5 Å². The van der Waals surface area contributed by atoms with Crippen molar-refractivity contribution in [1.29, 1.82) is 0 Å². The molecule has 0 bridgehead atoms. The number of hydrazine groups is 2. The predicted octanol–water partition coefficient (Wildman–Crippen LogP) is -1.00. The van der Waals surface area contributed by atoms with Crippen molar-refractivity contribution in [3.8, 4) is 0 Å². The van der Waals surface area contributed by atoms with Crippen LogP contribution in [0.1, 0.15) is 32.6 Å². The van der Waals surface area contributed by atoms with Crippen molar-refractivity contribution in [2.45, 2.75) is 38.6 Å². The maximum atomic E-state index is 10.4. The molecule has 1 aliphatic rings. The molecule has 0 amide bonds. The first-order valence-corrected chi connectivity index (χ1v) is 6.00. The first-order chi connectivity index (χ1) is 8.69. The van der Waals surface area contributed by atoms with Crippen LogP contribution < -0.4 is 17.3 Å². The van der Waals surface area contributed by atoms with Crippen LogP contribution >= 0.6 is 0 Å². The topological polar surface area (TPSA) is 123 Å². The van der Waals surface area contributed by atoms with Gasteiger partial charge in [-0.3, -0.25) is 15.5 Å². The Labute approximate surface area is 107 Å². The molecule has 1 unspecified atom stereocenters. The second-order valence-corrected chi connectivity index (χ2v) is 3.85. The Bertz CT molecular complexity index is 208. The molecule has 0 spiro atoms. The van der Waals surface area contributed by atoms with Gasteiger partial charge in [0.1, 0.15) is 0 Å². The lowest BCUT2D eigenvalue weighted by Crippen LogP contribution is -2.47. The maximum Gasteiger partial charge on any atom is 0.307 e. The number of aliphatic hydroxyl groups excluding tert-OH is 1. The number of carbonyl (C=O) groups excluding carboxylic acids is 1.